The van der Waals surface area contributed by atoms with Gasteiger partial charge in [-0.05, 0) is 57.2 Å². The minimum atomic E-state index is -0.276. The summed E-state index contributed by atoms with van der Waals surface area (Å²) in [6.07, 6.45) is 2.77. The van der Waals surface area contributed by atoms with E-state index in [1.54, 1.807) is 6.92 Å². The van der Waals surface area contributed by atoms with Crippen molar-refractivity contribution in [3.05, 3.63) is 26.9 Å². The van der Waals surface area contributed by atoms with Crippen LogP contribution in [0.2, 0.25) is 0 Å². The van der Waals surface area contributed by atoms with Crippen LogP contribution in [0.1, 0.15) is 26.5 Å². The lowest BCUT2D eigenvalue weighted by molar-refractivity contribution is -0.140. The monoisotopic (exact) mass is 431 g/mol. The number of rotatable bonds is 6. The van der Waals surface area contributed by atoms with E-state index in [9.17, 15) is 4.79 Å². The van der Waals surface area contributed by atoms with Gasteiger partial charge in [-0.3, -0.25) is 9.20 Å². The van der Waals surface area contributed by atoms with Crippen molar-refractivity contribution >= 4 is 49.3 Å². The molecule has 2 aromatic heterocycles. The fraction of sp³-hybridized carbons (Fsp3) is 0.467. The molecular formula is C15H19Br2N3O2. The van der Waals surface area contributed by atoms with E-state index in [0.29, 0.717) is 12.5 Å². The average molecular weight is 433 g/mol. The van der Waals surface area contributed by atoms with E-state index in [2.05, 4.69) is 51.0 Å². The third-order valence-corrected chi connectivity index (χ3v) is 4.04. The van der Waals surface area contributed by atoms with Crippen LogP contribution < -0.4 is 5.32 Å². The van der Waals surface area contributed by atoms with Crippen molar-refractivity contribution in [1.82, 2.24) is 9.38 Å². The fourth-order valence-corrected chi connectivity index (χ4v) is 3.47. The Morgan fingerprint density at radius 1 is 1.45 bits per heavy atom. The third kappa shape index (κ3) is 4.01. The maximum absolute atomic E-state index is 11.6. The summed E-state index contributed by atoms with van der Waals surface area (Å²) in [5, 5.41) is 3.16. The number of carbonyl (C=O) groups is 1. The number of nitrogens with zero attached hydrogens (tertiary/aromatic N) is 2. The molecule has 120 valence electrons. The van der Waals surface area contributed by atoms with Crippen LogP contribution in [-0.2, 0) is 16.0 Å². The molecule has 0 aliphatic carbocycles. The summed E-state index contributed by atoms with van der Waals surface area (Å²) >= 11 is 7.02. The first-order chi connectivity index (χ1) is 10.4. The number of hydrogen-bond acceptors (Lipinski definition) is 4. The zero-order valence-electron chi connectivity index (χ0n) is 12.8. The summed E-state index contributed by atoms with van der Waals surface area (Å²) in [6, 6.07) is 1.95. The first-order valence-electron chi connectivity index (χ1n) is 7.17. The van der Waals surface area contributed by atoms with Gasteiger partial charge >= 0.3 is 5.97 Å². The second-order valence-electron chi connectivity index (χ2n) is 5.36. The van der Waals surface area contributed by atoms with E-state index in [0.717, 1.165) is 32.5 Å². The van der Waals surface area contributed by atoms with Gasteiger partial charge in [-0.1, -0.05) is 13.8 Å². The Morgan fingerprint density at radius 3 is 2.82 bits per heavy atom. The van der Waals surface area contributed by atoms with Crippen molar-refractivity contribution in [1.29, 1.82) is 0 Å². The molecule has 0 atom stereocenters. The molecule has 5 nitrogen and oxygen atoms in total. The Balaban J connectivity index is 2.40. The number of aromatic nitrogens is 2. The third-order valence-electron chi connectivity index (χ3n) is 3.02. The van der Waals surface area contributed by atoms with Crippen LogP contribution >= 0.6 is 31.9 Å². The predicted octanol–water partition coefficient (Wildman–Crippen LogP) is 4.03. The number of halogens is 2. The molecule has 0 bridgehead atoms. The van der Waals surface area contributed by atoms with Crippen molar-refractivity contribution in [2.24, 2.45) is 5.92 Å². The lowest BCUT2D eigenvalue weighted by Crippen LogP contribution is -2.18. The van der Waals surface area contributed by atoms with Crippen LogP contribution in [0.5, 0.6) is 0 Å². The van der Waals surface area contributed by atoms with Crippen molar-refractivity contribution in [3.8, 4) is 0 Å². The Labute approximate surface area is 146 Å². The highest BCUT2D eigenvalue weighted by Crippen LogP contribution is 2.28. The quantitative estimate of drug-likeness (QED) is 0.700. The van der Waals surface area contributed by atoms with Crippen LogP contribution in [0.3, 0.4) is 0 Å². The Hall–Kier alpha value is -1.08. The normalized spacial score (nSPS) is 11.2. The molecule has 22 heavy (non-hydrogen) atoms. The molecule has 2 aromatic rings. The number of imidazole rings is 1. The second kappa shape index (κ2) is 7.46. The number of carbonyl (C=O) groups excluding carboxylic acids is 1. The molecule has 0 saturated heterocycles. The van der Waals surface area contributed by atoms with Crippen molar-refractivity contribution in [3.63, 3.8) is 0 Å². The van der Waals surface area contributed by atoms with Crippen LogP contribution in [-0.4, -0.2) is 28.5 Å². The predicted molar refractivity (Wildman–Crippen MR) is 94.3 cm³/mol. The van der Waals surface area contributed by atoms with Gasteiger partial charge in [-0.2, -0.15) is 0 Å². The smallest absolute Gasteiger partial charge is 0.325 e. The maximum atomic E-state index is 11.6. The zero-order chi connectivity index (χ0) is 16.3. The molecule has 2 rings (SSSR count). The molecule has 0 unspecified atom stereocenters. The van der Waals surface area contributed by atoms with Crippen LogP contribution in [0, 0.1) is 5.92 Å². The topological polar surface area (TPSA) is 55.6 Å². The van der Waals surface area contributed by atoms with Gasteiger partial charge in [0.05, 0.1) is 16.8 Å². The van der Waals surface area contributed by atoms with Crippen LogP contribution in [0.15, 0.2) is 21.2 Å². The number of pyridine rings is 1. The van der Waals surface area contributed by atoms with Gasteiger partial charge in [0.1, 0.15) is 12.4 Å². The lowest BCUT2D eigenvalue weighted by atomic mass is 10.1. The molecule has 0 aromatic carbocycles. The minimum absolute atomic E-state index is 0.122. The number of hydrogen-bond donors (Lipinski definition) is 1. The van der Waals surface area contributed by atoms with E-state index >= 15 is 0 Å². The Morgan fingerprint density at radius 2 is 2.18 bits per heavy atom. The van der Waals surface area contributed by atoms with Gasteiger partial charge in [-0.25, -0.2) is 4.98 Å². The number of ether oxygens (including phenoxy) is 1. The first kappa shape index (κ1) is 17.3. The first-order valence-corrected chi connectivity index (χ1v) is 8.76. The summed E-state index contributed by atoms with van der Waals surface area (Å²) in [4.78, 5) is 16.3. The molecule has 0 radical (unpaired) electrons. The standard InChI is InChI=1S/C15H19Br2N3O2/c1-4-22-13(21)7-18-15-12(5-9(2)3)19-14-11(17)6-10(16)8-20(14)15/h6,8-9,18H,4-5,7H2,1-3H3. The summed E-state index contributed by atoms with van der Waals surface area (Å²) in [7, 11) is 0. The SMILES string of the molecule is CCOC(=O)CNc1c(CC(C)C)nc2c(Br)cc(Br)cn12. The Bertz CT molecular complexity index is 683. The molecule has 7 heteroatoms. The second-order valence-corrected chi connectivity index (χ2v) is 7.13. The molecule has 2 heterocycles. The van der Waals surface area contributed by atoms with E-state index < -0.39 is 0 Å². The fourth-order valence-electron chi connectivity index (χ4n) is 2.20. The minimum Gasteiger partial charge on any atom is -0.465 e. The molecule has 0 saturated carbocycles. The summed E-state index contributed by atoms with van der Waals surface area (Å²) < 4.78 is 8.75. The van der Waals surface area contributed by atoms with E-state index in [-0.39, 0.29) is 12.5 Å². The highest BCUT2D eigenvalue weighted by atomic mass is 79.9. The van der Waals surface area contributed by atoms with Gasteiger partial charge in [-0.15, -0.1) is 0 Å². The summed E-state index contributed by atoms with van der Waals surface area (Å²) in [5.74, 6) is 1.02. The van der Waals surface area contributed by atoms with E-state index in [1.165, 1.54) is 0 Å². The summed E-state index contributed by atoms with van der Waals surface area (Å²) in [5.41, 5.74) is 1.77. The highest BCUT2D eigenvalue weighted by molar-refractivity contribution is 9.11. The average Bonchev–Trinajstić information content (AvgIpc) is 2.74. The van der Waals surface area contributed by atoms with Gasteiger partial charge < -0.3 is 10.1 Å². The molecule has 0 aliphatic rings. The number of anilines is 1. The Kier molecular flexibility index (Phi) is 5.86. The van der Waals surface area contributed by atoms with Crippen molar-refractivity contribution in [2.45, 2.75) is 27.2 Å². The lowest BCUT2D eigenvalue weighted by Gasteiger charge is -2.10. The molecule has 0 spiro atoms. The van der Waals surface area contributed by atoms with Crippen molar-refractivity contribution in [2.75, 3.05) is 18.5 Å². The zero-order valence-corrected chi connectivity index (χ0v) is 16.0. The molecule has 1 N–H and O–H groups in total. The molecule has 0 aliphatic heterocycles. The molecular weight excluding hydrogens is 414 g/mol. The number of fused-ring (bicyclic) bond motifs is 1. The molecule has 0 amide bonds. The largest absolute Gasteiger partial charge is 0.465 e. The highest BCUT2D eigenvalue weighted by Gasteiger charge is 2.16. The summed E-state index contributed by atoms with van der Waals surface area (Å²) in [6.45, 7) is 6.58. The maximum Gasteiger partial charge on any atom is 0.325 e. The van der Waals surface area contributed by atoms with Gasteiger partial charge in [0.25, 0.3) is 0 Å². The van der Waals surface area contributed by atoms with Crippen LogP contribution in [0.25, 0.3) is 5.65 Å². The van der Waals surface area contributed by atoms with Gasteiger partial charge in [0.2, 0.25) is 0 Å². The van der Waals surface area contributed by atoms with Crippen molar-refractivity contribution < 1.29 is 9.53 Å². The van der Waals surface area contributed by atoms with E-state index in [1.807, 2.05) is 16.7 Å². The molecule has 0 fully saturated rings. The van der Waals surface area contributed by atoms with Crippen LogP contribution in [0.4, 0.5) is 5.82 Å². The number of esters is 1. The van der Waals surface area contributed by atoms with Gasteiger partial charge in [0.15, 0.2) is 5.65 Å². The van der Waals surface area contributed by atoms with Gasteiger partial charge in [0, 0.05) is 10.7 Å². The number of nitrogens with one attached hydrogen (secondary N) is 1. The van der Waals surface area contributed by atoms with E-state index in [4.69, 9.17) is 9.72 Å².